The van der Waals surface area contributed by atoms with Crippen LogP contribution in [0.3, 0.4) is 0 Å². The number of phosphoric acid groups is 3. The van der Waals surface area contributed by atoms with Gasteiger partial charge in [0.15, 0.2) is 22.8 Å². The third kappa shape index (κ3) is 21.7. The molecule has 1 aliphatic heterocycles. The first-order valence-corrected chi connectivity index (χ1v) is 28.0. The molecule has 2 amide bonds. The van der Waals surface area contributed by atoms with Crippen LogP contribution in [0.25, 0.3) is 11.2 Å². The van der Waals surface area contributed by atoms with Crippen molar-refractivity contribution in [3.05, 3.63) is 12.7 Å². The van der Waals surface area contributed by atoms with Gasteiger partial charge in [-0.15, -0.1) is 0 Å². The van der Waals surface area contributed by atoms with Crippen LogP contribution in [0, 0.1) is 5.41 Å². The lowest BCUT2D eigenvalue weighted by Gasteiger charge is -2.30. The van der Waals surface area contributed by atoms with Crippen LogP contribution in [-0.2, 0) is 55.5 Å². The number of fused-ring (bicyclic) bond motifs is 1. The molecule has 1 fully saturated rings. The molecule has 0 bridgehead atoms. The average molecular weight is 1050 g/mol. The predicted octanol–water partition coefficient (Wildman–Crippen LogP) is 4.11. The number of nitrogens with two attached hydrogens (primary N) is 1. The summed E-state index contributed by atoms with van der Waals surface area (Å²) in [5.74, 6) is -1.39. The number of carbonyl (C=O) groups is 4. The lowest BCUT2D eigenvalue weighted by molar-refractivity contribution is -0.137. The number of rotatable bonds is 35. The summed E-state index contributed by atoms with van der Waals surface area (Å²) in [6.45, 7) is 2.57. The number of nitrogen functional groups attached to an aromatic ring is 1. The van der Waals surface area contributed by atoms with Crippen molar-refractivity contribution < 1.29 is 85.3 Å². The Balaban J connectivity index is 1.31. The quantitative estimate of drug-likeness (QED) is 0.0266. The lowest BCUT2D eigenvalue weighted by Crippen LogP contribution is -2.46. The lowest BCUT2D eigenvalue weighted by atomic mass is 9.87. The van der Waals surface area contributed by atoms with Gasteiger partial charge in [0.25, 0.3) is 0 Å². The topological polar surface area (TPSA) is 381 Å². The number of imidazole rings is 1. The number of aliphatic hydroxyl groups is 2. The fourth-order valence-corrected chi connectivity index (χ4v) is 10.5. The molecule has 0 aromatic carbocycles. The van der Waals surface area contributed by atoms with E-state index in [0.29, 0.717) is 6.42 Å². The maximum atomic E-state index is 12.7. The number of nitrogens with zero attached hydrogens (tertiary/aromatic N) is 4. The molecule has 1 aliphatic rings. The van der Waals surface area contributed by atoms with Crippen LogP contribution in [0.15, 0.2) is 12.7 Å². The van der Waals surface area contributed by atoms with Gasteiger partial charge in [0.1, 0.15) is 42.0 Å². The van der Waals surface area contributed by atoms with Crippen molar-refractivity contribution >= 4 is 74.9 Å². The largest absolute Gasteiger partial charge is 0.481 e. The molecular weight excluding hydrogens is 979 g/mol. The molecule has 2 aromatic heterocycles. The summed E-state index contributed by atoms with van der Waals surface area (Å²) in [5.41, 5.74) is 4.25. The third-order valence-electron chi connectivity index (χ3n) is 10.7. The van der Waals surface area contributed by atoms with E-state index in [4.69, 9.17) is 19.5 Å². The molecule has 68 heavy (non-hydrogen) atoms. The molecule has 3 rings (SSSR count). The Kier molecular flexibility index (Phi) is 25.3. The summed E-state index contributed by atoms with van der Waals surface area (Å²) in [7, 11) is -16.4. The predicted molar refractivity (Wildman–Crippen MR) is 247 cm³/mol. The second kappa shape index (κ2) is 28.9. The van der Waals surface area contributed by atoms with Crippen molar-refractivity contribution in [2.24, 2.45) is 5.41 Å². The van der Waals surface area contributed by atoms with E-state index in [9.17, 15) is 62.7 Å². The number of aromatic nitrogens is 4. The zero-order valence-electron chi connectivity index (χ0n) is 38.6. The Morgan fingerprint density at radius 3 is 2.09 bits per heavy atom. The van der Waals surface area contributed by atoms with Gasteiger partial charge in [-0.3, -0.25) is 37.3 Å². The molecule has 0 saturated carbocycles. The van der Waals surface area contributed by atoms with Gasteiger partial charge in [-0.05, 0) is 6.42 Å². The van der Waals surface area contributed by atoms with Gasteiger partial charge in [0.2, 0.25) is 11.8 Å². The minimum absolute atomic E-state index is 0.0264. The molecule has 10 N–H and O–H groups in total. The number of carbonyl (C=O) groups excluding carboxylic acids is 4. The molecule has 2 aromatic rings. The minimum Gasteiger partial charge on any atom is -0.386 e. The van der Waals surface area contributed by atoms with Gasteiger partial charge in [-0.25, -0.2) is 28.6 Å². The number of hydrogen-bond donors (Lipinski definition) is 9. The number of phosphoric ester groups is 3. The minimum atomic E-state index is -5.59. The van der Waals surface area contributed by atoms with E-state index in [-0.39, 0.29) is 59.6 Å². The summed E-state index contributed by atoms with van der Waals surface area (Å²) in [5, 5.41) is 26.2. The normalized spacial score (nSPS) is 19.9. The molecule has 25 nitrogen and oxygen atoms in total. The zero-order chi connectivity index (χ0) is 50.5. The number of nitrogens with one attached hydrogen (secondary N) is 2. The van der Waals surface area contributed by atoms with Gasteiger partial charge >= 0.3 is 23.5 Å². The first kappa shape index (κ1) is 59.5. The highest BCUT2D eigenvalue weighted by Crippen LogP contribution is 2.61. The summed E-state index contributed by atoms with van der Waals surface area (Å²) in [4.78, 5) is 101. The Hall–Kier alpha value is -2.77. The van der Waals surface area contributed by atoms with Crippen molar-refractivity contribution in [2.75, 3.05) is 37.8 Å². The second-order valence-electron chi connectivity index (χ2n) is 17.0. The van der Waals surface area contributed by atoms with Crippen molar-refractivity contribution in [1.82, 2.24) is 30.2 Å². The number of anilines is 1. The molecular formula is C39H68N7O18P3S. The molecule has 0 radical (unpaired) electrons. The number of unbranched alkanes of at least 4 members (excludes halogenated alkanes) is 12. The number of thioether (sulfide) groups is 1. The third-order valence-corrected chi connectivity index (χ3v) is 14.6. The maximum Gasteiger partial charge on any atom is 0.481 e. The smallest absolute Gasteiger partial charge is 0.386 e. The number of amides is 2. The molecule has 29 heteroatoms. The average Bonchev–Trinajstić information content (AvgIpc) is 3.82. The van der Waals surface area contributed by atoms with Crippen LogP contribution in [0.4, 0.5) is 5.82 Å². The van der Waals surface area contributed by atoms with Gasteiger partial charge in [-0.1, -0.05) is 110 Å². The van der Waals surface area contributed by atoms with Gasteiger partial charge < -0.3 is 50.9 Å². The van der Waals surface area contributed by atoms with Crippen LogP contribution in [0.2, 0.25) is 0 Å². The molecule has 0 spiro atoms. The zero-order valence-corrected chi connectivity index (χ0v) is 42.1. The van der Waals surface area contributed by atoms with Crippen molar-refractivity contribution in [3.8, 4) is 0 Å². The highest BCUT2D eigenvalue weighted by atomic mass is 32.2. The molecule has 3 heterocycles. The molecule has 7 unspecified atom stereocenters. The van der Waals surface area contributed by atoms with Crippen LogP contribution in [0.5, 0.6) is 0 Å². The van der Waals surface area contributed by atoms with Crippen molar-refractivity contribution in [3.63, 3.8) is 0 Å². The number of ketones is 1. The van der Waals surface area contributed by atoms with Crippen LogP contribution >= 0.6 is 35.2 Å². The fourth-order valence-electron chi connectivity index (χ4n) is 6.94. The van der Waals surface area contributed by atoms with Crippen LogP contribution < -0.4 is 16.4 Å². The van der Waals surface area contributed by atoms with Crippen LogP contribution in [0.1, 0.15) is 130 Å². The summed E-state index contributed by atoms with van der Waals surface area (Å²) in [6.07, 6.45) is 8.77. The summed E-state index contributed by atoms with van der Waals surface area (Å²) >= 11 is 0.940. The Morgan fingerprint density at radius 1 is 0.868 bits per heavy atom. The number of ether oxygens (including phenoxy) is 1. The highest BCUT2D eigenvalue weighted by Gasteiger charge is 2.50. The van der Waals surface area contributed by atoms with E-state index in [1.807, 2.05) is 0 Å². The fraction of sp³-hybridized carbons (Fsp3) is 0.769. The van der Waals surface area contributed by atoms with E-state index < -0.39 is 84.6 Å². The second-order valence-corrected chi connectivity index (χ2v) is 22.4. The van der Waals surface area contributed by atoms with Gasteiger partial charge in [0, 0.05) is 37.1 Å². The molecule has 7 atom stereocenters. The molecule has 0 aliphatic carbocycles. The van der Waals surface area contributed by atoms with Crippen molar-refractivity contribution in [1.29, 1.82) is 0 Å². The maximum absolute atomic E-state index is 12.7. The summed E-state index contributed by atoms with van der Waals surface area (Å²) < 4.78 is 62.4. The number of Topliss-reactive ketones (excluding diaryl/α,β-unsaturated/α-hetero) is 1. The van der Waals surface area contributed by atoms with Gasteiger partial charge in [0.05, 0.1) is 26.0 Å². The highest BCUT2D eigenvalue weighted by molar-refractivity contribution is 8.13. The first-order chi connectivity index (χ1) is 31.9. The Bertz CT molecular complexity index is 2080. The number of aliphatic hydroxyl groups excluding tert-OH is 2. The van der Waals surface area contributed by atoms with Crippen LogP contribution in [-0.4, -0.2) is 128 Å². The monoisotopic (exact) mass is 1050 g/mol. The van der Waals surface area contributed by atoms with E-state index in [2.05, 4.69) is 41.3 Å². The van der Waals surface area contributed by atoms with E-state index in [1.165, 1.54) is 71.6 Å². The Labute approximate surface area is 399 Å². The van der Waals surface area contributed by atoms with E-state index >= 15 is 0 Å². The molecule has 388 valence electrons. The first-order valence-electron chi connectivity index (χ1n) is 22.5. The standard InChI is InChI=1S/C39H68N7O18P3S/c1-4-5-6-7-8-9-10-11-12-13-14-15-16-17-27(47)22-30(49)68-21-20-41-29(48)18-19-42-37(52)34(51)39(2,3)24-61-67(58,59)64-66(56,57)60-23-28-33(63-65(53,54)55)32(50)38(62-28)46-26-45-31-35(40)43-25-44-36(31)46/h25-26,28,32-34,38,50-51H,4-24H2,1-3H3,(H,41,48)(H,42,52)(H,56,57)(H,58,59)(H2,40,43,44)(H2,53,54,55). The van der Waals surface area contributed by atoms with Crippen molar-refractivity contribution in [2.45, 2.75) is 154 Å². The summed E-state index contributed by atoms with van der Waals surface area (Å²) in [6, 6.07) is 0. The van der Waals surface area contributed by atoms with E-state index in [1.54, 1.807) is 0 Å². The van der Waals surface area contributed by atoms with E-state index in [0.717, 1.165) is 54.7 Å². The SMILES string of the molecule is CCCCCCCCCCCCCCCC(=O)CC(=O)SCCNC(=O)CCNC(=O)C(O)C(C)(C)COP(=O)(O)OP(=O)(O)OCC1OC(n2cnc3c(N)ncnc32)C(O)C1OP(=O)(O)O. The molecule has 1 saturated heterocycles. The van der Waals surface area contributed by atoms with Gasteiger partial charge in [-0.2, -0.15) is 4.31 Å². The number of hydrogen-bond acceptors (Lipinski definition) is 19. The Morgan fingerprint density at radius 2 is 1.47 bits per heavy atom.